The molecule has 1 rings (SSSR count). The van der Waals surface area contributed by atoms with Gasteiger partial charge < -0.3 is 0 Å². The monoisotopic (exact) mass is 175 g/mol. The molecule has 1 aromatic rings. The van der Waals surface area contributed by atoms with E-state index >= 15 is 0 Å². The van der Waals surface area contributed by atoms with Gasteiger partial charge in [-0.2, -0.15) is 0 Å². The van der Waals surface area contributed by atoms with Crippen LogP contribution in [-0.2, 0) is 6.42 Å². The van der Waals surface area contributed by atoms with Gasteiger partial charge in [0, 0.05) is 0 Å². The molecule has 1 radical (unpaired) electrons. The van der Waals surface area contributed by atoms with E-state index in [1.165, 1.54) is 11.1 Å². The fraction of sp³-hybridized carbons (Fsp3) is 0.462. The third kappa shape index (κ3) is 3.22. The van der Waals surface area contributed by atoms with Crippen LogP contribution in [0.3, 0.4) is 0 Å². The molecule has 0 heterocycles. The van der Waals surface area contributed by atoms with E-state index in [2.05, 4.69) is 52.0 Å². The summed E-state index contributed by atoms with van der Waals surface area (Å²) in [5, 5.41) is 0. The SMILES string of the molecule is [CH2]CC(C)(C)Cc1ccc(C)cc1. The topological polar surface area (TPSA) is 0 Å². The number of hydrogen-bond acceptors (Lipinski definition) is 0. The van der Waals surface area contributed by atoms with Crippen LogP contribution in [0.4, 0.5) is 0 Å². The summed E-state index contributed by atoms with van der Waals surface area (Å²) in [5.41, 5.74) is 3.07. The molecule has 0 aliphatic heterocycles. The second-order valence-electron chi connectivity index (χ2n) is 4.58. The average Bonchev–Trinajstić information content (AvgIpc) is 2.09. The minimum Gasteiger partial charge on any atom is -0.0596 e. The second kappa shape index (κ2) is 3.95. The van der Waals surface area contributed by atoms with Crippen molar-refractivity contribution in [2.75, 3.05) is 0 Å². The van der Waals surface area contributed by atoms with Gasteiger partial charge >= 0.3 is 0 Å². The molecule has 0 spiro atoms. The molecule has 71 valence electrons. The summed E-state index contributed by atoms with van der Waals surface area (Å²) in [6.45, 7) is 10.6. The van der Waals surface area contributed by atoms with Crippen LogP contribution in [0.25, 0.3) is 0 Å². The van der Waals surface area contributed by atoms with E-state index in [1.807, 2.05) is 0 Å². The van der Waals surface area contributed by atoms with Crippen molar-refractivity contribution in [2.45, 2.75) is 33.6 Å². The van der Waals surface area contributed by atoms with Crippen LogP contribution in [0, 0.1) is 19.3 Å². The van der Waals surface area contributed by atoms with Gasteiger partial charge in [0.15, 0.2) is 0 Å². The normalized spacial score (nSPS) is 11.7. The molecule has 0 saturated carbocycles. The summed E-state index contributed by atoms with van der Waals surface area (Å²) in [4.78, 5) is 0. The molecule has 0 N–H and O–H groups in total. The first-order chi connectivity index (χ1) is 6.03. The fourth-order valence-corrected chi connectivity index (χ4v) is 1.35. The Kier molecular flexibility index (Phi) is 3.13. The highest BCUT2D eigenvalue weighted by molar-refractivity contribution is 5.22. The smallest absolute Gasteiger partial charge is 0.0227 e. The van der Waals surface area contributed by atoms with Crippen molar-refractivity contribution in [1.29, 1.82) is 0 Å². The van der Waals surface area contributed by atoms with Gasteiger partial charge in [0.05, 0.1) is 0 Å². The average molecular weight is 175 g/mol. The first-order valence-corrected chi connectivity index (χ1v) is 4.88. The fourth-order valence-electron chi connectivity index (χ4n) is 1.35. The van der Waals surface area contributed by atoms with Crippen LogP contribution in [0.1, 0.15) is 31.4 Å². The van der Waals surface area contributed by atoms with Crippen LogP contribution in [0.5, 0.6) is 0 Å². The van der Waals surface area contributed by atoms with Crippen molar-refractivity contribution < 1.29 is 0 Å². The van der Waals surface area contributed by atoms with Gasteiger partial charge in [-0.3, -0.25) is 0 Å². The highest BCUT2D eigenvalue weighted by Crippen LogP contribution is 2.25. The first kappa shape index (κ1) is 10.3. The summed E-state index contributed by atoms with van der Waals surface area (Å²) < 4.78 is 0. The molecule has 0 atom stereocenters. The lowest BCUT2D eigenvalue weighted by atomic mass is 9.83. The number of benzene rings is 1. The molecule has 0 aromatic heterocycles. The molecular formula is C13H19. The molecule has 0 bridgehead atoms. The Hall–Kier alpha value is -0.780. The van der Waals surface area contributed by atoms with E-state index in [-0.39, 0.29) is 0 Å². The molecule has 0 heteroatoms. The summed E-state index contributed by atoms with van der Waals surface area (Å²) in [7, 11) is 0. The number of hydrogen-bond donors (Lipinski definition) is 0. The molecule has 0 aliphatic carbocycles. The Morgan fingerprint density at radius 2 is 1.69 bits per heavy atom. The highest BCUT2D eigenvalue weighted by Gasteiger charge is 2.15. The zero-order chi connectivity index (χ0) is 9.90. The molecule has 0 fully saturated rings. The summed E-state index contributed by atoms with van der Waals surface area (Å²) in [6.07, 6.45) is 2.11. The van der Waals surface area contributed by atoms with Crippen molar-refractivity contribution in [1.82, 2.24) is 0 Å². The minimum atomic E-state index is 0.329. The maximum absolute atomic E-state index is 3.97. The Morgan fingerprint density at radius 3 is 2.15 bits per heavy atom. The van der Waals surface area contributed by atoms with Crippen LogP contribution >= 0.6 is 0 Å². The first-order valence-electron chi connectivity index (χ1n) is 4.88. The Balaban J connectivity index is 2.69. The van der Waals surface area contributed by atoms with Crippen molar-refractivity contribution in [3.8, 4) is 0 Å². The lowest BCUT2D eigenvalue weighted by Gasteiger charge is -2.22. The largest absolute Gasteiger partial charge is 0.0596 e. The van der Waals surface area contributed by atoms with E-state index in [0.29, 0.717) is 5.41 Å². The van der Waals surface area contributed by atoms with Gasteiger partial charge in [-0.05, 0) is 30.7 Å². The predicted molar refractivity (Wildman–Crippen MR) is 58.6 cm³/mol. The van der Waals surface area contributed by atoms with Gasteiger partial charge in [-0.15, -0.1) is 0 Å². The molecule has 0 unspecified atom stereocenters. The van der Waals surface area contributed by atoms with Gasteiger partial charge in [-0.1, -0.05) is 50.6 Å². The van der Waals surface area contributed by atoms with E-state index in [4.69, 9.17) is 0 Å². The molecule has 13 heavy (non-hydrogen) atoms. The quantitative estimate of drug-likeness (QED) is 0.655. The summed E-state index contributed by atoms with van der Waals surface area (Å²) >= 11 is 0. The summed E-state index contributed by atoms with van der Waals surface area (Å²) in [6, 6.07) is 8.78. The van der Waals surface area contributed by atoms with Crippen LogP contribution in [-0.4, -0.2) is 0 Å². The molecule has 0 aliphatic rings. The zero-order valence-electron chi connectivity index (χ0n) is 8.93. The number of aryl methyl sites for hydroxylation is 1. The standard InChI is InChI=1S/C13H19/c1-5-13(3,4)10-12-8-6-11(2)7-9-12/h6-9H,1,5,10H2,2-4H3. The van der Waals surface area contributed by atoms with E-state index in [9.17, 15) is 0 Å². The molecule has 0 nitrogen and oxygen atoms in total. The van der Waals surface area contributed by atoms with Crippen LogP contribution < -0.4 is 0 Å². The van der Waals surface area contributed by atoms with Crippen LogP contribution in [0.15, 0.2) is 24.3 Å². The van der Waals surface area contributed by atoms with Crippen molar-refractivity contribution >= 4 is 0 Å². The lowest BCUT2D eigenvalue weighted by Crippen LogP contribution is -2.13. The predicted octanol–water partition coefficient (Wildman–Crippen LogP) is 3.79. The molecule has 0 saturated heterocycles. The van der Waals surface area contributed by atoms with E-state index < -0.39 is 0 Å². The van der Waals surface area contributed by atoms with Gasteiger partial charge in [-0.25, -0.2) is 0 Å². The third-order valence-corrected chi connectivity index (χ3v) is 2.48. The lowest BCUT2D eigenvalue weighted by molar-refractivity contribution is 0.367. The highest BCUT2D eigenvalue weighted by atomic mass is 14.2. The zero-order valence-corrected chi connectivity index (χ0v) is 8.93. The van der Waals surface area contributed by atoms with Crippen LogP contribution in [0.2, 0.25) is 0 Å². The second-order valence-corrected chi connectivity index (χ2v) is 4.58. The Labute approximate surface area is 82.0 Å². The van der Waals surface area contributed by atoms with Crippen molar-refractivity contribution in [3.63, 3.8) is 0 Å². The number of rotatable bonds is 3. The molecule has 0 amide bonds. The maximum Gasteiger partial charge on any atom is -0.0227 e. The van der Waals surface area contributed by atoms with Crippen molar-refractivity contribution in [2.24, 2.45) is 5.41 Å². The molecule has 1 aromatic carbocycles. The Morgan fingerprint density at radius 1 is 1.15 bits per heavy atom. The van der Waals surface area contributed by atoms with Gasteiger partial charge in [0.25, 0.3) is 0 Å². The van der Waals surface area contributed by atoms with E-state index in [1.54, 1.807) is 0 Å². The van der Waals surface area contributed by atoms with Gasteiger partial charge in [0.1, 0.15) is 0 Å². The third-order valence-electron chi connectivity index (χ3n) is 2.48. The summed E-state index contributed by atoms with van der Waals surface area (Å²) in [5.74, 6) is 0. The molecular weight excluding hydrogens is 156 g/mol. The van der Waals surface area contributed by atoms with Crippen molar-refractivity contribution in [3.05, 3.63) is 42.3 Å². The van der Waals surface area contributed by atoms with E-state index in [0.717, 1.165) is 12.8 Å². The minimum absolute atomic E-state index is 0.329. The Bertz CT molecular complexity index is 254. The van der Waals surface area contributed by atoms with Gasteiger partial charge in [0.2, 0.25) is 0 Å². The maximum atomic E-state index is 3.97.